The van der Waals surface area contributed by atoms with Gasteiger partial charge in [0.25, 0.3) is 0 Å². The van der Waals surface area contributed by atoms with Crippen LogP contribution in [0.15, 0.2) is 12.2 Å². The summed E-state index contributed by atoms with van der Waals surface area (Å²) in [7, 11) is 0. The van der Waals surface area contributed by atoms with Gasteiger partial charge in [0.05, 0.1) is 5.41 Å². The van der Waals surface area contributed by atoms with E-state index in [0.717, 1.165) is 6.42 Å². The first-order chi connectivity index (χ1) is 10.7. The predicted octanol–water partition coefficient (Wildman–Crippen LogP) is 2.70. The zero-order valence-corrected chi connectivity index (χ0v) is 14.2. The van der Waals surface area contributed by atoms with Crippen LogP contribution in [0.2, 0.25) is 0 Å². The zero-order valence-electron chi connectivity index (χ0n) is 14.2. The maximum Gasteiger partial charge on any atom is 0.312 e. The number of carbonyl (C=O) groups excluding carboxylic acids is 3. The molecule has 1 aliphatic heterocycles. The van der Waals surface area contributed by atoms with Crippen molar-refractivity contribution in [3.8, 4) is 0 Å². The van der Waals surface area contributed by atoms with Gasteiger partial charge in [-0.3, -0.25) is 14.4 Å². The molecule has 4 nitrogen and oxygen atoms in total. The van der Waals surface area contributed by atoms with Gasteiger partial charge in [-0.1, -0.05) is 26.8 Å². The summed E-state index contributed by atoms with van der Waals surface area (Å²) in [6.07, 6.45) is 5.60. The van der Waals surface area contributed by atoms with Crippen molar-refractivity contribution < 1.29 is 19.1 Å². The van der Waals surface area contributed by atoms with Crippen molar-refractivity contribution in [1.29, 1.82) is 0 Å². The van der Waals surface area contributed by atoms with Crippen LogP contribution in [0.4, 0.5) is 0 Å². The minimum absolute atomic E-state index is 0.0598. The van der Waals surface area contributed by atoms with Gasteiger partial charge in [0.2, 0.25) is 0 Å². The second-order valence-corrected chi connectivity index (χ2v) is 8.75. The van der Waals surface area contributed by atoms with E-state index in [1.165, 1.54) is 0 Å². The third kappa shape index (κ3) is 1.50. The summed E-state index contributed by atoms with van der Waals surface area (Å²) in [6, 6.07) is 0. The Balaban J connectivity index is 1.93. The summed E-state index contributed by atoms with van der Waals surface area (Å²) in [5, 5.41) is 0. The fourth-order valence-corrected chi connectivity index (χ4v) is 6.47. The molecule has 0 aromatic carbocycles. The lowest BCUT2D eigenvalue weighted by atomic mass is 9.39. The van der Waals surface area contributed by atoms with Gasteiger partial charge < -0.3 is 4.74 Å². The lowest BCUT2D eigenvalue weighted by Crippen LogP contribution is -2.65. The van der Waals surface area contributed by atoms with E-state index in [9.17, 15) is 14.4 Å². The number of fused-ring (bicyclic) bond motifs is 6. The van der Waals surface area contributed by atoms with Gasteiger partial charge in [-0.25, -0.2) is 0 Å². The fraction of sp³-hybridized carbons (Fsp3) is 0.737. The maximum absolute atomic E-state index is 13.3. The molecule has 3 fully saturated rings. The molecule has 0 amide bonds. The summed E-state index contributed by atoms with van der Waals surface area (Å²) >= 11 is 0. The van der Waals surface area contributed by atoms with Gasteiger partial charge in [-0.2, -0.15) is 0 Å². The van der Waals surface area contributed by atoms with Crippen LogP contribution in [0.3, 0.4) is 0 Å². The number of hydrogen-bond acceptors (Lipinski definition) is 4. The first-order valence-corrected chi connectivity index (χ1v) is 8.61. The highest BCUT2D eigenvalue weighted by Gasteiger charge is 2.72. The van der Waals surface area contributed by atoms with E-state index in [0.29, 0.717) is 12.8 Å². The molecule has 0 N–H and O–H groups in total. The lowest BCUT2D eigenvalue weighted by molar-refractivity contribution is -0.180. The molecule has 2 saturated carbocycles. The van der Waals surface area contributed by atoms with Gasteiger partial charge in [0.15, 0.2) is 5.78 Å². The van der Waals surface area contributed by atoms with E-state index in [1.54, 1.807) is 6.08 Å². The molecule has 3 aliphatic carbocycles. The average Bonchev–Trinajstić information content (AvgIpc) is 2.69. The molecule has 4 rings (SSSR count). The van der Waals surface area contributed by atoms with Crippen LogP contribution in [0.25, 0.3) is 0 Å². The van der Waals surface area contributed by atoms with Crippen LogP contribution in [-0.4, -0.2) is 23.6 Å². The molecule has 2 bridgehead atoms. The van der Waals surface area contributed by atoms with Crippen molar-refractivity contribution in [1.82, 2.24) is 0 Å². The Kier molecular flexibility index (Phi) is 2.72. The number of hydrogen-bond donors (Lipinski definition) is 0. The summed E-state index contributed by atoms with van der Waals surface area (Å²) in [6.45, 7) is 7.84. The summed E-state index contributed by atoms with van der Waals surface area (Å²) in [4.78, 5) is 38.5. The molecule has 1 saturated heterocycles. The number of carbonyl (C=O) groups is 3. The van der Waals surface area contributed by atoms with E-state index in [4.69, 9.17) is 4.74 Å². The van der Waals surface area contributed by atoms with Crippen molar-refractivity contribution in [2.75, 3.05) is 0 Å². The summed E-state index contributed by atoms with van der Waals surface area (Å²) in [5.41, 5.74) is -1.75. The third-order valence-electron chi connectivity index (χ3n) is 7.66. The van der Waals surface area contributed by atoms with Crippen LogP contribution in [0, 0.1) is 34.0 Å². The van der Waals surface area contributed by atoms with Crippen molar-refractivity contribution in [3.05, 3.63) is 12.2 Å². The minimum atomic E-state index is -0.728. The molecule has 4 aliphatic rings. The summed E-state index contributed by atoms with van der Waals surface area (Å²) in [5.74, 6) is -0.697. The van der Waals surface area contributed by atoms with Crippen molar-refractivity contribution in [2.24, 2.45) is 34.0 Å². The first-order valence-electron chi connectivity index (χ1n) is 8.61. The van der Waals surface area contributed by atoms with Crippen LogP contribution in [0.5, 0.6) is 0 Å². The SMILES string of the molecule is C[C@H]1C(=O)[C@H]2[C@@](C)(C[C@@H]3C[C@@]2(C)C(=O)O3)[C@@H]2CC=CC(=O)[C@@]12C. The second-order valence-electron chi connectivity index (χ2n) is 8.75. The Morgan fingerprint density at radius 3 is 2.52 bits per heavy atom. The van der Waals surface area contributed by atoms with E-state index in [2.05, 4.69) is 6.92 Å². The minimum Gasteiger partial charge on any atom is -0.462 e. The van der Waals surface area contributed by atoms with E-state index < -0.39 is 10.8 Å². The standard InChI is InChI=1S/C19H24O4/c1-10-14(21)15-17(2,8-11-9-18(15,3)16(22)23-11)12-6-5-7-13(20)19(10,12)4/h5,7,10-12,15H,6,8-9H2,1-4H3/t10-,11+,12-,15-,17-,18+,19-/m0/s1. The number of ketones is 2. The molecule has 0 unspecified atom stereocenters. The second kappa shape index (κ2) is 4.14. The van der Waals surface area contributed by atoms with Crippen LogP contribution < -0.4 is 0 Å². The molecule has 0 radical (unpaired) electrons. The molecule has 0 aromatic rings. The number of esters is 1. The largest absolute Gasteiger partial charge is 0.462 e. The monoisotopic (exact) mass is 316 g/mol. The quantitative estimate of drug-likeness (QED) is 0.645. The van der Waals surface area contributed by atoms with Gasteiger partial charge in [-0.15, -0.1) is 0 Å². The van der Waals surface area contributed by atoms with Crippen LogP contribution >= 0.6 is 0 Å². The lowest BCUT2D eigenvalue weighted by Gasteiger charge is -2.61. The molecule has 0 spiro atoms. The van der Waals surface area contributed by atoms with Crippen molar-refractivity contribution >= 4 is 17.5 Å². The molecule has 1 heterocycles. The third-order valence-corrected chi connectivity index (χ3v) is 7.66. The Bertz CT molecular complexity index is 664. The first kappa shape index (κ1) is 15.1. The molecule has 7 atom stereocenters. The molecule has 124 valence electrons. The predicted molar refractivity (Wildman–Crippen MR) is 83.4 cm³/mol. The van der Waals surface area contributed by atoms with Crippen LogP contribution in [-0.2, 0) is 19.1 Å². The topological polar surface area (TPSA) is 60.4 Å². The summed E-state index contributed by atoms with van der Waals surface area (Å²) < 4.78 is 5.57. The average molecular weight is 316 g/mol. The van der Waals surface area contributed by atoms with Crippen LogP contribution in [0.1, 0.15) is 47.0 Å². The Hall–Kier alpha value is -1.45. The molecule has 0 aromatic heterocycles. The highest BCUT2D eigenvalue weighted by Crippen LogP contribution is 2.68. The normalized spacial score (nSPS) is 54.5. The van der Waals surface area contributed by atoms with Gasteiger partial charge in [0.1, 0.15) is 11.9 Å². The highest BCUT2D eigenvalue weighted by atomic mass is 16.6. The highest BCUT2D eigenvalue weighted by molar-refractivity contribution is 6.03. The Morgan fingerprint density at radius 2 is 1.83 bits per heavy atom. The molecule has 4 heteroatoms. The van der Waals surface area contributed by atoms with E-state index in [1.807, 2.05) is 26.8 Å². The van der Waals surface area contributed by atoms with Crippen molar-refractivity contribution in [2.45, 2.75) is 53.1 Å². The van der Waals surface area contributed by atoms with E-state index in [-0.39, 0.29) is 46.8 Å². The number of Topliss-reactive ketones (excluding diaryl/α,β-unsaturated/α-hetero) is 1. The van der Waals surface area contributed by atoms with Gasteiger partial charge >= 0.3 is 5.97 Å². The van der Waals surface area contributed by atoms with E-state index >= 15 is 0 Å². The van der Waals surface area contributed by atoms with Gasteiger partial charge in [0, 0.05) is 23.7 Å². The maximum atomic E-state index is 13.3. The smallest absolute Gasteiger partial charge is 0.312 e. The number of ether oxygens (including phenoxy) is 1. The van der Waals surface area contributed by atoms with Crippen molar-refractivity contribution in [3.63, 3.8) is 0 Å². The molecular weight excluding hydrogens is 292 g/mol. The molecule has 23 heavy (non-hydrogen) atoms. The zero-order chi connectivity index (χ0) is 16.8. The number of rotatable bonds is 0. The molecular formula is C19H24O4. The Morgan fingerprint density at radius 1 is 1.13 bits per heavy atom. The Labute approximate surface area is 136 Å². The fourth-order valence-electron chi connectivity index (χ4n) is 6.47. The number of allylic oxidation sites excluding steroid dienone is 2. The van der Waals surface area contributed by atoms with Gasteiger partial charge in [-0.05, 0) is 37.2 Å².